The topological polar surface area (TPSA) is 62.5 Å². The van der Waals surface area contributed by atoms with Crippen LogP contribution in [0.1, 0.15) is 42.3 Å². The molecule has 7 heteroatoms. The van der Waals surface area contributed by atoms with Gasteiger partial charge in [0.2, 0.25) is 0 Å². The quantitative estimate of drug-likeness (QED) is 0.359. The van der Waals surface area contributed by atoms with Gasteiger partial charge in [0.05, 0.1) is 12.2 Å². The molecule has 0 aliphatic rings. The van der Waals surface area contributed by atoms with Gasteiger partial charge in [0, 0.05) is 24.1 Å². The van der Waals surface area contributed by atoms with Crippen molar-refractivity contribution in [2.24, 2.45) is 4.99 Å². The van der Waals surface area contributed by atoms with Crippen LogP contribution in [-0.4, -0.2) is 18.2 Å². The highest BCUT2D eigenvalue weighted by Crippen LogP contribution is 2.16. The molecule has 0 aliphatic heterocycles. The van der Waals surface area contributed by atoms with Crippen LogP contribution in [0.5, 0.6) is 0 Å². The molecule has 0 fully saturated rings. The molecule has 132 valence electrons. The monoisotopic (exact) mass is 506 g/mol. The third-order valence-corrected chi connectivity index (χ3v) is 4.07. The number of halogens is 2. The van der Waals surface area contributed by atoms with Crippen molar-refractivity contribution in [3.8, 4) is 0 Å². The standard InChI is InChI=1S/C17H23BrN4O.HI/c1-11(2)16-8-15(23-22-16)10-21-17(19-4)20-9-13-5-6-14(18)7-12(13)3;/h5-8,11H,9-10H2,1-4H3,(H2,19,20,21);1H. The lowest BCUT2D eigenvalue weighted by Crippen LogP contribution is -2.36. The van der Waals surface area contributed by atoms with Gasteiger partial charge in [-0.3, -0.25) is 4.99 Å². The van der Waals surface area contributed by atoms with Gasteiger partial charge in [-0.1, -0.05) is 41.0 Å². The van der Waals surface area contributed by atoms with E-state index in [9.17, 15) is 0 Å². The van der Waals surface area contributed by atoms with Crippen molar-refractivity contribution < 1.29 is 4.52 Å². The first-order valence-corrected chi connectivity index (χ1v) is 8.44. The number of hydrogen-bond acceptors (Lipinski definition) is 3. The van der Waals surface area contributed by atoms with E-state index in [1.54, 1.807) is 7.05 Å². The molecule has 0 radical (unpaired) electrons. The zero-order valence-corrected chi connectivity index (χ0v) is 18.3. The van der Waals surface area contributed by atoms with Gasteiger partial charge in [-0.2, -0.15) is 0 Å². The Labute approximate surface area is 168 Å². The lowest BCUT2D eigenvalue weighted by molar-refractivity contribution is 0.372. The Bertz CT molecular complexity index is 685. The predicted molar refractivity (Wildman–Crippen MR) is 112 cm³/mol. The summed E-state index contributed by atoms with van der Waals surface area (Å²) in [5.74, 6) is 1.90. The molecule has 24 heavy (non-hydrogen) atoms. The van der Waals surface area contributed by atoms with E-state index in [1.807, 2.05) is 12.1 Å². The van der Waals surface area contributed by atoms with Crippen molar-refractivity contribution in [1.82, 2.24) is 15.8 Å². The van der Waals surface area contributed by atoms with Crippen LogP contribution in [0.15, 0.2) is 38.3 Å². The molecule has 0 saturated carbocycles. The van der Waals surface area contributed by atoms with Crippen molar-refractivity contribution in [1.29, 1.82) is 0 Å². The van der Waals surface area contributed by atoms with Crippen LogP contribution in [-0.2, 0) is 13.1 Å². The summed E-state index contributed by atoms with van der Waals surface area (Å²) >= 11 is 3.48. The van der Waals surface area contributed by atoms with E-state index in [1.165, 1.54) is 11.1 Å². The summed E-state index contributed by atoms with van der Waals surface area (Å²) in [5.41, 5.74) is 3.44. The Hall–Kier alpha value is -1.09. The molecule has 0 amide bonds. The summed E-state index contributed by atoms with van der Waals surface area (Å²) in [6.07, 6.45) is 0. The molecule has 0 unspecified atom stereocenters. The molecule has 1 aromatic heterocycles. The first kappa shape index (κ1) is 21.0. The SMILES string of the molecule is CN=C(NCc1cc(C(C)C)no1)NCc1ccc(Br)cc1C.I. The fourth-order valence-corrected chi connectivity index (χ4v) is 2.59. The summed E-state index contributed by atoms with van der Waals surface area (Å²) in [6.45, 7) is 7.55. The first-order valence-electron chi connectivity index (χ1n) is 7.64. The Morgan fingerprint density at radius 3 is 2.54 bits per heavy atom. The Morgan fingerprint density at radius 1 is 1.25 bits per heavy atom. The molecule has 2 aromatic rings. The molecule has 0 aliphatic carbocycles. The minimum absolute atomic E-state index is 0. The molecule has 2 N–H and O–H groups in total. The van der Waals surface area contributed by atoms with Crippen LogP contribution >= 0.6 is 39.9 Å². The highest BCUT2D eigenvalue weighted by Gasteiger charge is 2.08. The van der Waals surface area contributed by atoms with Crippen LogP contribution < -0.4 is 10.6 Å². The number of aliphatic imine (C=N–C) groups is 1. The summed E-state index contributed by atoms with van der Waals surface area (Å²) in [5, 5.41) is 10.6. The summed E-state index contributed by atoms with van der Waals surface area (Å²) in [7, 11) is 1.75. The van der Waals surface area contributed by atoms with Crippen LogP contribution in [0.2, 0.25) is 0 Å². The highest BCUT2D eigenvalue weighted by atomic mass is 127. The average molecular weight is 507 g/mol. The van der Waals surface area contributed by atoms with Gasteiger partial charge in [0.1, 0.15) is 0 Å². The van der Waals surface area contributed by atoms with Gasteiger partial charge in [0.25, 0.3) is 0 Å². The van der Waals surface area contributed by atoms with Crippen molar-refractivity contribution in [3.63, 3.8) is 0 Å². The number of guanidine groups is 1. The molecular formula is C17H24BrIN4O. The maximum absolute atomic E-state index is 5.32. The third-order valence-electron chi connectivity index (χ3n) is 3.57. The van der Waals surface area contributed by atoms with E-state index in [4.69, 9.17) is 4.52 Å². The molecule has 0 bridgehead atoms. The Morgan fingerprint density at radius 2 is 1.96 bits per heavy atom. The van der Waals surface area contributed by atoms with Gasteiger partial charge in [-0.25, -0.2) is 0 Å². The number of nitrogens with one attached hydrogen (secondary N) is 2. The van der Waals surface area contributed by atoms with Crippen LogP contribution in [0.4, 0.5) is 0 Å². The molecule has 1 aromatic carbocycles. The first-order chi connectivity index (χ1) is 11.0. The minimum atomic E-state index is 0. The van der Waals surface area contributed by atoms with E-state index in [2.05, 4.69) is 69.6 Å². The Kier molecular flexibility index (Phi) is 8.75. The molecule has 0 spiro atoms. The minimum Gasteiger partial charge on any atom is -0.359 e. The van der Waals surface area contributed by atoms with Crippen molar-refractivity contribution in [3.05, 3.63) is 51.3 Å². The third kappa shape index (κ3) is 6.08. The summed E-state index contributed by atoms with van der Waals surface area (Å²) < 4.78 is 6.41. The normalized spacial score (nSPS) is 11.3. The van der Waals surface area contributed by atoms with Gasteiger partial charge in [-0.15, -0.1) is 24.0 Å². The van der Waals surface area contributed by atoms with E-state index in [0.29, 0.717) is 19.0 Å². The lowest BCUT2D eigenvalue weighted by Gasteiger charge is -2.12. The smallest absolute Gasteiger partial charge is 0.191 e. The average Bonchev–Trinajstić information content (AvgIpc) is 2.98. The molecule has 0 saturated heterocycles. The molecule has 5 nitrogen and oxygen atoms in total. The van der Waals surface area contributed by atoms with Gasteiger partial charge < -0.3 is 15.2 Å². The molecule has 2 rings (SSSR count). The van der Waals surface area contributed by atoms with Crippen LogP contribution in [0, 0.1) is 6.92 Å². The number of nitrogens with zero attached hydrogens (tertiary/aromatic N) is 2. The number of aromatic nitrogens is 1. The van der Waals surface area contributed by atoms with Crippen molar-refractivity contribution in [2.45, 2.75) is 39.8 Å². The maximum Gasteiger partial charge on any atom is 0.191 e. The van der Waals surface area contributed by atoms with Gasteiger partial charge in [0.15, 0.2) is 11.7 Å². The lowest BCUT2D eigenvalue weighted by atomic mass is 10.1. The van der Waals surface area contributed by atoms with E-state index in [0.717, 1.165) is 21.9 Å². The van der Waals surface area contributed by atoms with E-state index < -0.39 is 0 Å². The predicted octanol–water partition coefficient (Wildman–Crippen LogP) is 4.35. The fourth-order valence-electron chi connectivity index (χ4n) is 2.11. The fraction of sp³-hybridized carbons (Fsp3) is 0.412. The zero-order valence-electron chi connectivity index (χ0n) is 14.4. The second-order valence-corrected chi connectivity index (χ2v) is 6.64. The number of rotatable bonds is 5. The largest absolute Gasteiger partial charge is 0.359 e. The second kappa shape index (κ2) is 10.0. The highest BCUT2D eigenvalue weighted by molar-refractivity contribution is 14.0. The Balaban J connectivity index is 0.00000288. The number of aryl methyl sites for hydroxylation is 1. The number of hydrogen-bond donors (Lipinski definition) is 2. The van der Waals surface area contributed by atoms with Gasteiger partial charge >= 0.3 is 0 Å². The zero-order chi connectivity index (χ0) is 16.8. The van der Waals surface area contributed by atoms with E-state index in [-0.39, 0.29) is 24.0 Å². The summed E-state index contributed by atoms with van der Waals surface area (Å²) in [4.78, 5) is 4.23. The molecule has 1 heterocycles. The van der Waals surface area contributed by atoms with E-state index >= 15 is 0 Å². The summed E-state index contributed by atoms with van der Waals surface area (Å²) in [6, 6.07) is 8.23. The molecule has 0 atom stereocenters. The maximum atomic E-state index is 5.32. The molecular weight excluding hydrogens is 483 g/mol. The van der Waals surface area contributed by atoms with Gasteiger partial charge in [-0.05, 0) is 36.1 Å². The van der Waals surface area contributed by atoms with Crippen LogP contribution in [0.25, 0.3) is 0 Å². The number of benzene rings is 1. The van der Waals surface area contributed by atoms with Crippen molar-refractivity contribution >= 4 is 45.9 Å². The van der Waals surface area contributed by atoms with Crippen molar-refractivity contribution in [2.75, 3.05) is 7.05 Å². The van der Waals surface area contributed by atoms with Crippen LogP contribution in [0.3, 0.4) is 0 Å². The second-order valence-electron chi connectivity index (χ2n) is 5.72.